The minimum Gasteiger partial charge on any atom is -0.398 e. The van der Waals surface area contributed by atoms with Crippen molar-refractivity contribution in [1.82, 2.24) is 4.31 Å². The molecule has 0 aliphatic heterocycles. The average molecular weight is 315 g/mol. The molecule has 116 valence electrons. The summed E-state index contributed by atoms with van der Waals surface area (Å²) >= 11 is 0. The van der Waals surface area contributed by atoms with Gasteiger partial charge in [-0.15, -0.1) is 0 Å². The van der Waals surface area contributed by atoms with E-state index in [0.717, 1.165) is 18.6 Å². The number of non-ortho nitro benzene ring substituents is 1. The van der Waals surface area contributed by atoms with Crippen LogP contribution in [0.1, 0.15) is 19.3 Å². The minimum atomic E-state index is -3.97. The van der Waals surface area contributed by atoms with Gasteiger partial charge in [0.25, 0.3) is 5.69 Å². The molecule has 0 aromatic heterocycles. The Bertz CT molecular complexity index is 642. The summed E-state index contributed by atoms with van der Waals surface area (Å²) in [4.78, 5) is 9.86. The summed E-state index contributed by atoms with van der Waals surface area (Å²) < 4.78 is 26.5. The summed E-state index contributed by atoms with van der Waals surface area (Å²) in [6, 6.07) is 3.16. The smallest absolute Gasteiger partial charge is 0.270 e. The predicted octanol–water partition coefficient (Wildman–Crippen LogP) is 0.712. The second-order valence-electron chi connectivity index (χ2n) is 4.90. The number of aliphatic hydroxyl groups is 1. The SMILES string of the molecule is Nc1ccc([N+](=O)[O-])cc1S(=O)(=O)N(CCO)C1CCC1. The molecule has 1 aliphatic carbocycles. The molecule has 9 heteroatoms. The van der Waals surface area contributed by atoms with Crippen LogP contribution in [0.4, 0.5) is 11.4 Å². The van der Waals surface area contributed by atoms with Crippen molar-refractivity contribution < 1.29 is 18.4 Å². The number of aliphatic hydroxyl groups excluding tert-OH is 1. The first-order chi connectivity index (χ1) is 9.87. The monoisotopic (exact) mass is 315 g/mol. The zero-order valence-corrected chi connectivity index (χ0v) is 12.1. The lowest BCUT2D eigenvalue weighted by molar-refractivity contribution is -0.385. The number of sulfonamides is 1. The second-order valence-corrected chi connectivity index (χ2v) is 6.76. The van der Waals surface area contributed by atoms with Crippen molar-refractivity contribution in [2.45, 2.75) is 30.2 Å². The first kappa shape index (κ1) is 15.7. The van der Waals surface area contributed by atoms with Crippen molar-refractivity contribution in [2.24, 2.45) is 0 Å². The third kappa shape index (κ3) is 2.99. The van der Waals surface area contributed by atoms with Gasteiger partial charge in [0.15, 0.2) is 0 Å². The number of hydrogen-bond acceptors (Lipinski definition) is 6. The zero-order chi connectivity index (χ0) is 15.6. The van der Waals surface area contributed by atoms with Crippen molar-refractivity contribution in [3.05, 3.63) is 28.3 Å². The summed E-state index contributed by atoms with van der Waals surface area (Å²) in [5.74, 6) is 0. The first-order valence-corrected chi connectivity index (χ1v) is 7.98. The van der Waals surface area contributed by atoms with E-state index in [0.29, 0.717) is 12.8 Å². The molecule has 1 fully saturated rings. The van der Waals surface area contributed by atoms with Crippen LogP contribution in [-0.4, -0.2) is 41.9 Å². The highest BCUT2D eigenvalue weighted by molar-refractivity contribution is 7.89. The summed E-state index contributed by atoms with van der Waals surface area (Å²) in [5, 5.41) is 19.9. The maximum absolute atomic E-state index is 12.7. The van der Waals surface area contributed by atoms with Crippen LogP contribution in [0, 0.1) is 10.1 Å². The third-order valence-electron chi connectivity index (χ3n) is 3.60. The topological polar surface area (TPSA) is 127 Å². The van der Waals surface area contributed by atoms with E-state index in [1.54, 1.807) is 0 Å². The molecular formula is C12H17N3O5S. The Kier molecular flexibility index (Phi) is 4.45. The molecule has 0 spiro atoms. The number of nitro benzene ring substituents is 1. The lowest BCUT2D eigenvalue weighted by atomic mass is 9.93. The van der Waals surface area contributed by atoms with Gasteiger partial charge in [-0.25, -0.2) is 8.42 Å². The number of anilines is 1. The Morgan fingerprint density at radius 2 is 2.10 bits per heavy atom. The molecule has 8 nitrogen and oxygen atoms in total. The van der Waals surface area contributed by atoms with E-state index in [4.69, 9.17) is 10.8 Å². The van der Waals surface area contributed by atoms with Crippen LogP contribution in [0.25, 0.3) is 0 Å². The first-order valence-electron chi connectivity index (χ1n) is 6.54. The largest absolute Gasteiger partial charge is 0.398 e. The van der Waals surface area contributed by atoms with Crippen molar-refractivity contribution >= 4 is 21.4 Å². The lowest BCUT2D eigenvalue weighted by Crippen LogP contribution is -2.45. The predicted molar refractivity (Wildman–Crippen MR) is 76.1 cm³/mol. The standard InChI is InChI=1S/C12H17N3O5S/c13-11-5-4-10(15(17)18)8-12(11)21(19,20)14(6-7-16)9-2-1-3-9/h4-5,8-9,16H,1-3,6-7,13H2. The summed E-state index contributed by atoms with van der Waals surface area (Å²) in [7, 11) is -3.97. The molecule has 0 amide bonds. The van der Waals surface area contributed by atoms with Crippen LogP contribution < -0.4 is 5.73 Å². The Morgan fingerprint density at radius 3 is 2.57 bits per heavy atom. The molecule has 1 saturated carbocycles. The molecule has 21 heavy (non-hydrogen) atoms. The van der Waals surface area contributed by atoms with Crippen LogP contribution in [0.5, 0.6) is 0 Å². The van der Waals surface area contributed by atoms with Gasteiger partial charge in [-0.3, -0.25) is 10.1 Å². The average Bonchev–Trinajstić information content (AvgIpc) is 2.36. The highest BCUT2D eigenvalue weighted by Crippen LogP contribution is 2.33. The number of nitro groups is 1. The molecule has 0 atom stereocenters. The van der Waals surface area contributed by atoms with E-state index in [1.807, 2.05) is 0 Å². The number of nitrogens with zero attached hydrogens (tertiary/aromatic N) is 2. The van der Waals surface area contributed by atoms with Crippen LogP contribution in [0.15, 0.2) is 23.1 Å². The molecule has 3 N–H and O–H groups in total. The van der Waals surface area contributed by atoms with Gasteiger partial charge < -0.3 is 10.8 Å². The Morgan fingerprint density at radius 1 is 1.43 bits per heavy atom. The van der Waals surface area contributed by atoms with Crippen LogP contribution in [0.3, 0.4) is 0 Å². The summed E-state index contributed by atoms with van der Waals surface area (Å²) in [6.07, 6.45) is 2.36. The van der Waals surface area contributed by atoms with E-state index >= 15 is 0 Å². The van der Waals surface area contributed by atoms with Gasteiger partial charge in [0.1, 0.15) is 4.90 Å². The van der Waals surface area contributed by atoms with Gasteiger partial charge in [-0.05, 0) is 18.9 Å². The van der Waals surface area contributed by atoms with E-state index < -0.39 is 14.9 Å². The molecule has 1 aromatic rings. The minimum absolute atomic E-state index is 0.0390. The highest BCUT2D eigenvalue weighted by Gasteiger charge is 2.36. The molecule has 0 saturated heterocycles. The van der Waals surface area contributed by atoms with E-state index in [1.165, 1.54) is 10.4 Å². The van der Waals surface area contributed by atoms with Crippen molar-refractivity contribution in [3.8, 4) is 0 Å². The molecule has 0 heterocycles. The number of nitrogens with two attached hydrogens (primary N) is 1. The third-order valence-corrected chi connectivity index (χ3v) is 5.60. The summed E-state index contributed by atoms with van der Waals surface area (Å²) in [6.45, 7) is -0.361. The summed E-state index contributed by atoms with van der Waals surface area (Å²) in [5.41, 5.74) is 5.31. The van der Waals surface area contributed by atoms with Gasteiger partial charge in [0, 0.05) is 24.7 Å². The quantitative estimate of drug-likeness (QED) is 0.452. The van der Waals surface area contributed by atoms with Crippen molar-refractivity contribution in [1.29, 1.82) is 0 Å². The number of rotatable bonds is 6. The number of benzene rings is 1. The molecule has 0 radical (unpaired) electrons. The van der Waals surface area contributed by atoms with E-state index in [-0.39, 0.29) is 35.5 Å². The fourth-order valence-electron chi connectivity index (χ4n) is 2.26. The van der Waals surface area contributed by atoms with Crippen LogP contribution in [0.2, 0.25) is 0 Å². The lowest BCUT2D eigenvalue weighted by Gasteiger charge is -2.36. The van der Waals surface area contributed by atoms with Crippen molar-refractivity contribution in [2.75, 3.05) is 18.9 Å². The maximum Gasteiger partial charge on any atom is 0.270 e. The van der Waals surface area contributed by atoms with Crippen LogP contribution >= 0.6 is 0 Å². The molecular weight excluding hydrogens is 298 g/mol. The van der Waals surface area contributed by atoms with Gasteiger partial charge in [-0.1, -0.05) is 6.42 Å². The number of nitrogen functional groups attached to an aromatic ring is 1. The van der Waals surface area contributed by atoms with Crippen LogP contribution in [-0.2, 0) is 10.0 Å². The normalized spacial score (nSPS) is 15.9. The Labute approximate surface area is 122 Å². The fourth-order valence-corrected chi connectivity index (χ4v) is 4.07. The molecule has 2 rings (SSSR count). The van der Waals surface area contributed by atoms with Crippen molar-refractivity contribution in [3.63, 3.8) is 0 Å². The molecule has 0 unspecified atom stereocenters. The zero-order valence-electron chi connectivity index (χ0n) is 11.3. The highest BCUT2D eigenvalue weighted by atomic mass is 32.2. The molecule has 1 aliphatic rings. The van der Waals surface area contributed by atoms with Gasteiger partial charge in [-0.2, -0.15) is 4.31 Å². The Hall–Kier alpha value is -1.71. The molecule has 1 aromatic carbocycles. The van der Waals surface area contributed by atoms with E-state index in [2.05, 4.69) is 0 Å². The number of hydrogen-bond donors (Lipinski definition) is 2. The maximum atomic E-state index is 12.7. The van der Waals surface area contributed by atoms with Gasteiger partial charge >= 0.3 is 0 Å². The molecule has 0 bridgehead atoms. The van der Waals surface area contributed by atoms with E-state index in [9.17, 15) is 18.5 Å². The fraction of sp³-hybridized carbons (Fsp3) is 0.500. The van der Waals surface area contributed by atoms with Gasteiger partial charge in [0.2, 0.25) is 10.0 Å². The van der Waals surface area contributed by atoms with Gasteiger partial charge in [0.05, 0.1) is 17.2 Å². The second kappa shape index (κ2) is 5.96. The Balaban J connectivity index is 2.45.